The van der Waals surface area contributed by atoms with E-state index in [1.165, 1.54) is 11.1 Å². The minimum absolute atomic E-state index is 0.383. The maximum absolute atomic E-state index is 9.59. The predicted molar refractivity (Wildman–Crippen MR) is 68.2 cm³/mol. The summed E-state index contributed by atoms with van der Waals surface area (Å²) in [6.07, 6.45) is 0.639. The van der Waals surface area contributed by atoms with Crippen LogP contribution in [0.2, 0.25) is 0 Å². The predicted octanol–water partition coefficient (Wildman–Crippen LogP) is 2.32. The van der Waals surface area contributed by atoms with Crippen LogP contribution in [-0.4, -0.2) is 18.9 Å². The van der Waals surface area contributed by atoms with Gasteiger partial charge in [-0.15, -0.1) is 0 Å². The van der Waals surface area contributed by atoms with Crippen molar-refractivity contribution in [1.29, 1.82) is 0 Å². The van der Waals surface area contributed by atoms with Gasteiger partial charge in [0.1, 0.15) is 0 Å². The van der Waals surface area contributed by atoms with Gasteiger partial charge in [-0.2, -0.15) is 8.42 Å². The third kappa shape index (κ3) is 5.01. The molecule has 90 valence electrons. The monoisotopic (exact) mass is 306 g/mol. The van der Waals surface area contributed by atoms with E-state index in [1.807, 2.05) is 6.07 Å². The number of hydrogen-bond acceptors (Lipinski definition) is 3. The van der Waals surface area contributed by atoms with Gasteiger partial charge in [-0.05, 0) is 30.0 Å². The molecule has 0 fully saturated rings. The molecule has 0 amide bonds. The van der Waals surface area contributed by atoms with E-state index < -0.39 is 11.6 Å². The molecule has 0 aliphatic heterocycles. The summed E-state index contributed by atoms with van der Waals surface area (Å²) in [5, 5.41) is 10.2. The summed E-state index contributed by atoms with van der Waals surface area (Å²) in [6, 6.07) is 6.14. The lowest BCUT2D eigenvalue weighted by Gasteiger charge is -2.10. The maximum Gasteiger partial charge on any atom is 0.335 e. The summed E-state index contributed by atoms with van der Waals surface area (Å²) in [6.45, 7) is 4.23. The first-order valence-corrected chi connectivity index (χ1v) is 6.64. The summed E-state index contributed by atoms with van der Waals surface area (Å²) in [5.41, 5.74) is 3.62. The van der Waals surface area contributed by atoms with Crippen LogP contribution < -0.4 is 0 Å². The molecular weight excluding hydrogens is 292 g/mol. The molecule has 0 bridgehead atoms. The van der Waals surface area contributed by atoms with Crippen LogP contribution in [0.25, 0.3) is 0 Å². The average Bonchev–Trinajstić information content (AvgIpc) is 2.29. The molecule has 0 radical (unpaired) electrons. The highest BCUT2D eigenvalue weighted by atomic mass is 79.9. The number of aliphatic hydroxyl groups excluding tert-OH is 1. The van der Waals surface area contributed by atoms with Crippen molar-refractivity contribution in [3.63, 3.8) is 0 Å². The van der Waals surface area contributed by atoms with E-state index in [-0.39, 0.29) is 6.10 Å². The first kappa shape index (κ1) is 15.5. The molecule has 0 saturated heterocycles. The van der Waals surface area contributed by atoms with Crippen molar-refractivity contribution in [2.45, 2.75) is 26.4 Å². The highest BCUT2D eigenvalue weighted by molar-refractivity contribution is 9.09. The number of benzene rings is 1. The number of aryl methyl sites for hydroxylation is 2. The van der Waals surface area contributed by atoms with Crippen LogP contribution in [0.15, 0.2) is 18.2 Å². The van der Waals surface area contributed by atoms with Gasteiger partial charge in [-0.1, -0.05) is 41.1 Å². The SMILES string of the molecule is CCc1cc([C@@H](O)CBr)ccc1C.O=S=O. The fourth-order valence-electron chi connectivity index (χ4n) is 1.37. The summed E-state index contributed by atoms with van der Waals surface area (Å²) in [7, 11) is 0. The molecule has 1 aromatic rings. The Balaban J connectivity index is 0.000000673. The molecule has 0 saturated carbocycles. The molecule has 1 atom stereocenters. The van der Waals surface area contributed by atoms with Gasteiger partial charge in [0.15, 0.2) is 0 Å². The summed E-state index contributed by atoms with van der Waals surface area (Å²) in [5.74, 6) is 0. The normalized spacial score (nSPS) is 11.2. The van der Waals surface area contributed by atoms with Crippen molar-refractivity contribution >= 4 is 27.5 Å². The summed E-state index contributed by atoms with van der Waals surface area (Å²) < 4.78 is 16.6. The molecule has 3 nitrogen and oxygen atoms in total. The second kappa shape index (κ2) is 8.61. The summed E-state index contributed by atoms with van der Waals surface area (Å²) in [4.78, 5) is 0. The second-order valence-electron chi connectivity index (χ2n) is 3.28. The van der Waals surface area contributed by atoms with Gasteiger partial charge in [0.05, 0.1) is 6.10 Å². The number of alkyl halides is 1. The van der Waals surface area contributed by atoms with E-state index in [2.05, 4.69) is 41.9 Å². The molecule has 5 heteroatoms. The third-order valence-electron chi connectivity index (χ3n) is 2.29. The van der Waals surface area contributed by atoms with Gasteiger partial charge in [0.25, 0.3) is 0 Å². The average molecular weight is 307 g/mol. The lowest BCUT2D eigenvalue weighted by atomic mass is 10.0. The smallest absolute Gasteiger partial charge is 0.335 e. The fourth-order valence-corrected chi connectivity index (χ4v) is 1.74. The fraction of sp³-hybridized carbons (Fsp3) is 0.455. The van der Waals surface area contributed by atoms with Crippen LogP contribution in [0.4, 0.5) is 0 Å². The van der Waals surface area contributed by atoms with Crippen LogP contribution in [0.3, 0.4) is 0 Å². The highest BCUT2D eigenvalue weighted by Crippen LogP contribution is 2.19. The standard InChI is InChI=1S/C11H15BrO.O2S/c1-3-9-6-10(11(13)7-12)5-4-8(9)2;1-3-2/h4-6,11,13H,3,7H2,1-2H3;/t11-;/m0./s1. The molecule has 0 heterocycles. The number of hydrogen-bond donors (Lipinski definition) is 1. The summed E-state index contributed by atoms with van der Waals surface area (Å²) >= 11 is 2.52. The lowest BCUT2D eigenvalue weighted by Crippen LogP contribution is -1.99. The van der Waals surface area contributed by atoms with Crippen molar-refractivity contribution in [1.82, 2.24) is 0 Å². The number of aliphatic hydroxyl groups is 1. The van der Waals surface area contributed by atoms with Gasteiger partial charge in [0.2, 0.25) is 0 Å². The lowest BCUT2D eigenvalue weighted by molar-refractivity contribution is 0.205. The number of halogens is 1. The van der Waals surface area contributed by atoms with Crippen LogP contribution in [0, 0.1) is 6.92 Å². The van der Waals surface area contributed by atoms with Gasteiger partial charge in [-0.25, -0.2) is 0 Å². The Bertz CT molecular complexity index is 362. The van der Waals surface area contributed by atoms with E-state index in [9.17, 15) is 5.11 Å². The molecule has 0 unspecified atom stereocenters. The molecule has 1 N–H and O–H groups in total. The van der Waals surface area contributed by atoms with Crippen molar-refractivity contribution in [2.75, 3.05) is 5.33 Å². The van der Waals surface area contributed by atoms with E-state index in [0.29, 0.717) is 5.33 Å². The molecule has 16 heavy (non-hydrogen) atoms. The van der Waals surface area contributed by atoms with Gasteiger partial charge < -0.3 is 5.11 Å². The highest BCUT2D eigenvalue weighted by Gasteiger charge is 2.06. The zero-order valence-electron chi connectivity index (χ0n) is 9.27. The zero-order valence-corrected chi connectivity index (χ0v) is 11.7. The van der Waals surface area contributed by atoms with E-state index in [0.717, 1.165) is 12.0 Å². The molecule has 0 spiro atoms. The maximum atomic E-state index is 9.59. The molecule has 1 aromatic carbocycles. The van der Waals surface area contributed by atoms with Gasteiger partial charge >= 0.3 is 11.6 Å². The van der Waals surface area contributed by atoms with E-state index in [4.69, 9.17) is 8.42 Å². The van der Waals surface area contributed by atoms with Crippen molar-refractivity contribution in [3.05, 3.63) is 34.9 Å². The molecule has 0 aliphatic rings. The van der Waals surface area contributed by atoms with Crippen LogP contribution >= 0.6 is 15.9 Å². The van der Waals surface area contributed by atoms with E-state index >= 15 is 0 Å². The third-order valence-corrected chi connectivity index (χ3v) is 2.90. The Hall–Kier alpha value is -0.520. The van der Waals surface area contributed by atoms with Crippen molar-refractivity contribution in [2.24, 2.45) is 0 Å². The Labute approximate surface area is 108 Å². The van der Waals surface area contributed by atoms with Crippen LogP contribution in [0.1, 0.15) is 29.7 Å². The molecular formula is C11H15BrO3S. The Morgan fingerprint density at radius 2 is 2.00 bits per heavy atom. The first-order chi connectivity index (χ1) is 7.60. The number of rotatable bonds is 3. The van der Waals surface area contributed by atoms with Crippen LogP contribution in [0.5, 0.6) is 0 Å². The van der Waals surface area contributed by atoms with Gasteiger partial charge in [-0.3, -0.25) is 0 Å². The molecule has 1 rings (SSSR count). The van der Waals surface area contributed by atoms with Crippen LogP contribution in [-0.2, 0) is 18.0 Å². The Kier molecular flexibility index (Phi) is 8.33. The quantitative estimate of drug-likeness (QED) is 0.872. The van der Waals surface area contributed by atoms with Crippen molar-refractivity contribution in [3.8, 4) is 0 Å². The second-order valence-corrected chi connectivity index (χ2v) is 4.06. The molecule has 0 aromatic heterocycles. The Morgan fingerprint density at radius 1 is 1.44 bits per heavy atom. The van der Waals surface area contributed by atoms with Gasteiger partial charge in [0, 0.05) is 5.33 Å². The Morgan fingerprint density at radius 3 is 2.44 bits per heavy atom. The minimum atomic E-state index is -0.750. The zero-order chi connectivity index (χ0) is 12.6. The minimum Gasteiger partial charge on any atom is -0.388 e. The van der Waals surface area contributed by atoms with E-state index in [1.54, 1.807) is 0 Å². The van der Waals surface area contributed by atoms with Crippen molar-refractivity contribution < 1.29 is 13.5 Å². The topological polar surface area (TPSA) is 54.4 Å². The first-order valence-electron chi connectivity index (χ1n) is 4.85. The molecule has 0 aliphatic carbocycles. The largest absolute Gasteiger partial charge is 0.388 e.